The summed E-state index contributed by atoms with van der Waals surface area (Å²) < 4.78 is 0. The van der Waals surface area contributed by atoms with E-state index in [1.54, 1.807) is 0 Å². The number of hydrogen-bond acceptors (Lipinski definition) is 2. The van der Waals surface area contributed by atoms with Crippen molar-refractivity contribution in [2.75, 3.05) is 10.2 Å². The van der Waals surface area contributed by atoms with Gasteiger partial charge in [0.1, 0.15) is 5.54 Å². The lowest BCUT2D eigenvalue weighted by atomic mass is 9.97. The van der Waals surface area contributed by atoms with Crippen LogP contribution in [0.25, 0.3) is 0 Å². The first-order valence-corrected chi connectivity index (χ1v) is 7.22. The van der Waals surface area contributed by atoms with Crippen LogP contribution in [0.15, 0.2) is 48.5 Å². The zero-order valence-electron chi connectivity index (χ0n) is 12.7. The number of rotatable bonds is 2. The minimum absolute atomic E-state index is 0.0989. The molecule has 21 heavy (non-hydrogen) atoms. The molecular weight excluding hydrogens is 260 g/mol. The molecule has 3 rings (SSSR count). The molecule has 1 aliphatic heterocycles. The highest BCUT2D eigenvalue weighted by atomic mass is 16.2. The molecule has 1 aliphatic rings. The molecule has 3 nitrogen and oxygen atoms in total. The molecule has 0 unspecified atom stereocenters. The fraction of sp³-hybridized carbons (Fsp3) is 0.278. The second-order valence-corrected chi connectivity index (χ2v) is 6.14. The highest BCUT2D eigenvalue weighted by molar-refractivity contribution is 6.07. The first-order valence-electron chi connectivity index (χ1n) is 7.22. The van der Waals surface area contributed by atoms with E-state index in [2.05, 4.69) is 36.5 Å². The van der Waals surface area contributed by atoms with Gasteiger partial charge in [-0.1, -0.05) is 42.0 Å². The van der Waals surface area contributed by atoms with Crippen molar-refractivity contribution in [1.82, 2.24) is 0 Å². The number of nitrogens with zero attached hydrogens (tertiary/aromatic N) is 1. The van der Waals surface area contributed by atoms with E-state index in [0.717, 1.165) is 16.9 Å². The SMILES string of the molecule is Cc1ccc(CN2C(=O)C(C)(C)Nc3ccccc32)cc1. The Hall–Kier alpha value is -2.29. The van der Waals surface area contributed by atoms with Gasteiger partial charge in [-0.15, -0.1) is 0 Å². The maximum Gasteiger partial charge on any atom is 0.252 e. The normalized spacial score (nSPS) is 16.3. The minimum atomic E-state index is -0.584. The van der Waals surface area contributed by atoms with E-state index in [9.17, 15) is 4.79 Å². The van der Waals surface area contributed by atoms with E-state index in [1.165, 1.54) is 5.56 Å². The lowest BCUT2D eigenvalue weighted by Gasteiger charge is -2.40. The maximum atomic E-state index is 12.7. The predicted molar refractivity (Wildman–Crippen MR) is 86.5 cm³/mol. The average molecular weight is 280 g/mol. The molecule has 0 fully saturated rings. The molecular formula is C18H20N2O. The Labute approximate surface area is 125 Å². The van der Waals surface area contributed by atoms with Crippen molar-refractivity contribution in [3.63, 3.8) is 0 Å². The number of para-hydroxylation sites is 2. The third kappa shape index (κ3) is 2.51. The van der Waals surface area contributed by atoms with Crippen LogP contribution in [-0.2, 0) is 11.3 Å². The van der Waals surface area contributed by atoms with Crippen molar-refractivity contribution in [2.24, 2.45) is 0 Å². The fourth-order valence-corrected chi connectivity index (χ4v) is 2.68. The number of anilines is 2. The van der Waals surface area contributed by atoms with Crippen LogP contribution < -0.4 is 10.2 Å². The second-order valence-electron chi connectivity index (χ2n) is 6.14. The van der Waals surface area contributed by atoms with Crippen LogP contribution in [-0.4, -0.2) is 11.4 Å². The molecule has 0 bridgehead atoms. The molecule has 0 aromatic heterocycles. The number of benzene rings is 2. The zero-order chi connectivity index (χ0) is 15.0. The summed E-state index contributed by atoms with van der Waals surface area (Å²) >= 11 is 0. The quantitative estimate of drug-likeness (QED) is 0.909. The number of amides is 1. The molecule has 1 N–H and O–H groups in total. The largest absolute Gasteiger partial charge is 0.370 e. The van der Waals surface area contributed by atoms with Crippen molar-refractivity contribution in [1.29, 1.82) is 0 Å². The van der Waals surface area contributed by atoms with Crippen LogP contribution in [0.2, 0.25) is 0 Å². The van der Waals surface area contributed by atoms with Crippen LogP contribution >= 0.6 is 0 Å². The van der Waals surface area contributed by atoms with E-state index in [0.29, 0.717) is 6.54 Å². The second kappa shape index (κ2) is 4.92. The summed E-state index contributed by atoms with van der Waals surface area (Å²) in [5.74, 6) is 0.0989. The van der Waals surface area contributed by atoms with E-state index < -0.39 is 5.54 Å². The summed E-state index contributed by atoms with van der Waals surface area (Å²) in [6, 6.07) is 16.3. The Morgan fingerprint density at radius 3 is 2.43 bits per heavy atom. The summed E-state index contributed by atoms with van der Waals surface area (Å²) in [6.45, 7) is 6.51. The summed E-state index contributed by atoms with van der Waals surface area (Å²) in [5, 5.41) is 3.32. The Kier molecular flexibility index (Phi) is 3.20. The van der Waals surface area contributed by atoms with Gasteiger partial charge in [-0.2, -0.15) is 0 Å². The Morgan fingerprint density at radius 2 is 1.71 bits per heavy atom. The van der Waals surface area contributed by atoms with Crippen molar-refractivity contribution >= 4 is 17.3 Å². The molecule has 0 atom stereocenters. The van der Waals surface area contributed by atoms with Crippen molar-refractivity contribution in [2.45, 2.75) is 32.9 Å². The van der Waals surface area contributed by atoms with Crippen LogP contribution in [0.3, 0.4) is 0 Å². The van der Waals surface area contributed by atoms with Crippen molar-refractivity contribution in [3.8, 4) is 0 Å². The standard InChI is InChI=1S/C18H20N2O/c1-13-8-10-14(11-9-13)12-20-16-7-5-4-6-15(16)19-18(2,3)17(20)21/h4-11,19H,12H2,1-3H3. The number of hydrogen-bond donors (Lipinski definition) is 1. The number of carbonyl (C=O) groups is 1. The van der Waals surface area contributed by atoms with Gasteiger partial charge in [0, 0.05) is 0 Å². The molecule has 0 radical (unpaired) electrons. The molecule has 2 aromatic carbocycles. The predicted octanol–water partition coefficient (Wildman–Crippen LogP) is 3.73. The Balaban J connectivity index is 1.99. The highest BCUT2D eigenvalue weighted by Crippen LogP contribution is 2.35. The number of aryl methyl sites for hydroxylation is 1. The van der Waals surface area contributed by atoms with Crippen LogP contribution in [0.1, 0.15) is 25.0 Å². The van der Waals surface area contributed by atoms with Crippen LogP contribution in [0, 0.1) is 6.92 Å². The monoisotopic (exact) mass is 280 g/mol. The third-order valence-corrected chi connectivity index (χ3v) is 3.88. The molecule has 0 saturated carbocycles. The van der Waals surface area contributed by atoms with Crippen molar-refractivity contribution in [3.05, 3.63) is 59.7 Å². The lowest BCUT2D eigenvalue weighted by Crippen LogP contribution is -2.53. The van der Waals surface area contributed by atoms with Gasteiger partial charge in [0.05, 0.1) is 17.9 Å². The number of carbonyl (C=O) groups excluding carboxylic acids is 1. The highest BCUT2D eigenvalue weighted by Gasteiger charge is 2.38. The summed E-state index contributed by atoms with van der Waals surface area (Å²) in [4.78, 5) is 14.6. The van der Waals surface area contributed by atoms with Gasteiger partial charge in [-0.3, -0.25) is 4.79 Å². The molecule has 3 heteroatoms. The number of fused-ring (bicyclic) bond motifs is 1. The zero-order valence-corrected chi connectivity index (χ0v) is 12.7. The van der Waals surface area contributed by atoms with Gasteiger partial charge >= 0.3 is 0 Å². The summed E-state index contributed by atoms with van der Waals surface area (Å²) in [7, 11) is 0. The van der Waals surface area contributed by atoms with Crippen molar-refractivity contribution < 1.29 is 4.79 Å². The van der Waals surface area contributed by atoms with Gasteiger partial charge in [-0.05, 0) is 38.5 Å². The molecule has 2 aromatic rings. The Bertz CT molecular complexity index is 674. The molecule has 0 aliphatic carbocycles. The van der Waals surface area contributed by atoms with E-state index in [1.807, 2.05) is 43.0 Å². The summed E-state index contributed by atoms with van der Waals surface area (Å²) in [5.41, 5.74) is 3.74. The first-order chi connectivity index (χ1) is 9.97. The van der Waals surface area contributed by atoms with E-state index in [4.69, 9.17) is 0 Å². The maximum absolute atomic E-state index is 12.7. The number of nitrogens with one attached hydrogen (secondary N) is 1. The molecule has 1 amide bonds. The minimum Gasteiger partial charge on any atom is -0.370 e. The average Bonchev–Trinajstić information content (AvgIpc) is 2.45. The van der Waals surface area contributed by atoms with Gasteiger partial charge in [0.15, 0.2) is 0 Å². The smallest absolute Gasteiger partial charge is 0.252 e. The molecule has 0 spiro atoms. The lowest BCUT2D eigenvalue weighted by molar-refractivity contribution is -0.122. The van der Waals surface area contributed by atoms with Crippen LogP contribution in [0.5, 0.6) is 0 Å². The van der Waals surface area contributed by atoms with E-state index in [-0.39, 0.29) is 5.91 Å². The Morgan fingerprint density at radius 1 is 1.05 bits per heavy atom. The third-order valence-electron chi connectivity index (χ3n) is 3.88. The first kappa shape index (κ1) is 13.7. The molecule has 1 heterocycles. The molecule has 108 valence electrons. The summed E-state index contributed by atoms with van der Waals surface area (Å²) in [6.07, 6.45) is 0. The van der Waals surface area contributed by atoms with Gasteiger partial charge in [-0.25, -0.2) is 0 Å². The topological polar surface area (TPSA) is 32.3 Å². The fourth-order valence-electron chi connectivity index (χ4n) is 2.68. The van der Waals surface area contributed by atoms with E-state index >= 15 is 0 Å². The van der Waals surface area contributed by atoms with Crippen LogP contribution in [0.4, 0.5) is 11.4 Å². The molecule has 0 saturated heterocycles. The van der Waals surface area contributed by atoms with Gasteiger partial charge in [0.2, 0.25) is 0 Å². The van der Waals surface area contributed by atoms with Gasteiger partial charge in [0.25, 0.3) is 5.91 Å². The van der Waals surface area contributed by atoms with Gasteiger partial charge < -0.3 is 10.2 Å².